The molecule has 0 aliphatic carbocycles. The highest BCUT2D eigenvalue weighted by Crippen LogP contribution is 2.32. The van der Waals surface area contributed by atoms with Gasteiger partial charge in [0, 0.05) is 25.6 Å². The van der Waals surface area contributed by atoms with E-state index in [1.165, 1.54) is 0 Å². The second-order valence-corrected chi connectivity index (χ2v) is 4.83. The number of nitrogens with one attached hydrogen (secondary N) is 1. The van der Waals surface area contributed by atoms with Crippen LogP contribution < -0.4 is 10.2 Å². The number of anilines is 1. The molecule has 4 heteroatoms. The summed E-state index contributed by atoms with van der Waals surface area (Å²) >= 11 is 0. The lowest BCUT2D eigenvalue weighted by Crippen LogP contribution is -2.47. The maximum atomic E-state index is 12.3. The van der Waals surface area contributed by atoms with Gasteiger partial charge in [-0.05, 0) is 18.1 Å². The van der Waals surface area contributed by atoms with Crippen molar-refractivity contribution < 1.29 is 9.59 Å². The summed E-state index contributed by atoms with van der Waals surface area (Å²) in [5.74, 6) is -0.0542. The summed E-state index contributed by atoms with van der Waals surface area (Å²) in [6.45, 7) is 2.06. The van der Waals surface area contributed by atoms with E-state index < -0.39 is 6.04 Å². The lowest BCUT2D eigenvalue weighted by Gasteiger charge is -2.24. The first-order valence-corrected chi connectivity index (χ1v) is 6.80. The molecule has 2 rings (SSSR count). The molecule has 4 nitrogen and oxygen atoms in total. The monoisotopic (exact) mass is 260 g/mol. The summed E-state index contributed by atoms with van der Waals surface area (Å²) in [6.07, 6.45) is 2.94. The Hall–Kier alpha value is -1.84. The van der Waals surface area contributed by atoms with E-state index >= 15 is 0 Å². The number of rotatable bonds is 4. The SMILES string of the molecule is CCCCC(=O)N1c2ccccc2C[C@@H]1C(=O)NC. The summed E-state index contributed by atoms with van der Waals surface area (Å²) in [5, 5.41) is 2.65. The van der Waals surface area contributed by atoms with Gasteiger partial charge in [0.25, 0.3) is 0 Å². The average molecular weight is 260 g/mol. The van der Waals surface area contributed by atoms with Gasteiger partial charge in [-0.1, -0.05) is 31.5 Å². The molecule has 0 spiro atoms. The molecule has 1 N–H and O–H groups in total. The van der Waals surface area contributed by atoms with E-state index in [2.05, 4.69) is 12.2 Å². The Morgan fingerprint density at radius 1 is 1.37 bits per heavy atom. The number of hydrogen-bond acceptors (Lipinski definition) is 2. The number of amides is 2. The lowest BCUT2D eigenvalue weighted by atomic mass is 10.1. The first kappa shape index (κ1) is 13.6. The molecule has 0 aromatic heterocycles. The van der Waals surface area contributed by atoms with Gasteiger partial charge in [-0.2, -0.15) is 0 Å². The molecule has 1 heterocycles. The number of unbranched alkanes of at least 4 members (excludes halogenated alkanes) is 1. The number of likely N-dealkylation sites (N-methyl/N-ethyl adjacent to an activating group) is 1. The quantitative estimate of drug-likeness (QED) is 0.898. The minimum absolute atomic E-state index is 0.0420. The fourth-order valence-corrected chi connectivity index (χ4v) is 2.52. The predicted octanol–water partition coefficient (Wildman–Crippen LogP) is 1.88. The summed E-state index contributed by atoms with van der Waals surface area (Å²) in [7, 11) is 1.61. The Balaban J connectivity index is 2.28. The van der Waals surface area contributed by atoms with E-state index in [4.69, 9.17) is 0 Å². The van der Waals surface area contributed by atoms with Crippen molar-refractivity contribution in [3.8, 4) is 0 Å². The summed E-state index contributed by atoms with van der Waals surface area (Å²) in [6, 6.07) is 7.36. The minimum Gasteiger partial charge on any atom is -0.357 e. The Bertz CT molecular complexity index is 485. The fraction of sp³-hybridized carbons (Fsp3) is 0.467. The van der Waals surface area contributed by atoms with Crippen LogP contribution in [0.15, 0.2) is 24.3 Å². The van der Waals surface area contributed by atoms with Crippen LogP contribution in [0, 0.1) is 0 Å². The number of benzene rings is 1. The normalized spacial score (nSPS) is 17.2. The number of carbonyl (C=O) groups excluding carboxylic acids is 2. The molecular formula is C15H20N2O2. The highest BCUT2D eigenvalue weighted by Gasteiger charge is 2.37. The largest absolute Gasteiger partial charge is 0.357 e. The first-order valence-electron chi connectivity index (χ1n) is 6.80. The van der Waals surface area contributed by atoms with Crippen LogP contribution >= 0.6 is 0 Å². The molecule has 1 aromatic carbocycles. The molecule has 19 heavy (non-hydrogen) atoms. The zero-order valence-corrected chi connectivity index (χ0v) is 11.5. The number of carbonyl (C=O) groups is 2. The standard InChI is InChI=1S/C15H20N2O2/c1-3-4-9-14(18)17-12-8-6-5-7-11(12)10-13(17)15(19)16-2/h5-8,13H,3-4,9-10H2,1-2H3,(H,16,19)/t13-/m1/s1. The van der Waals surface area contributed by atoms with Gasteiger partial charge in [0.1, 0.15) is 6.04 Å². The molecule has 0 saturated heterocycles. The highest BCUT2D eigenvalue weighted by molar-refractivity contribution is 6.03. The second-order valence-electron chi connectivity index (χ2n) is 4.83. The van der Waals surface area contributed by atoms with Crippen LogP contribution in [0.25, 0.3) is 0 Å². The Labute approximate surface area is 113 Å². The third kappa shape index (κ3) is 2.62. The minimum atomic E-state index is -0.397. The van der Waals surface area contributed by atoms with Crippen molar-refractivity contribution in [1.29, 1.82) is 0 Å². The van der Waals surface area contributed by atoms with Gasteiger partial charge in [0.15, 0.2) is 0 Å². The molecule has 2 amide bonds. The van der Waals surface area contributed by atoms with Crippen LogP contribution in [-0.2, 0) is 16.0 Å². The van der Waals surface area contributed by atoms with Gasteiger partial charge >= 0.3 is 0 Å². The zero-order chi connectivity index (χ0) is 13.8. The topological polar surface area (TPSA) is 49.4 Å². The van der Waals surface area contributed by atoms with E-state index in [9.17, 15) is 9.59 Å². The maximum absolute atomic E-state index is 12.3. The van der Waals surface area contributed by atoms with Crippen molar-refractivity contribution in [1.82, 2.24) is 5.32 Å². The Kier molecular flexibility index (Phi) is 4.20. The molecular weight excluding hydrogens is 240 g/mol. The zero-order valence-electron chi connectivity index (χ0n) is 11.5. The maximum Gasteiger partial charge on any atom is 0.243 e. The van der Waals surface area contributed by atoms with Crippen molar-refractivity contribution in [2.45, 2.75) is 38.6 Å². The second kappa shape index (κ2) is 5.87. The van der Waals surface area contributed by atoms with Crippen LogP contribution in [-0.4, -0.2) is 24.9 Å². The van der Waals surface area contributed by atoms with E-state index in [0.29, 0.717) is 12.8 Å². The van der Waals surface area contributed by atoms with Gasteiger partial charge in [0.05, 0.1) is 0 Å². The van der Waals surface area contributed by atoms with E-state index in [0.717, 1.165) is 24.1 Å². The molecule has 1 aliphatic rings. The van der Waals surface area contributed by atoms with Crippen molar-refractivity contribution in [3.63, 3.8) is 0 Å². The fourth-order valence-electron chi connectivity index (χ4n) is 2.52. The van der Waals surface area contributed by atoms with Crippen molar-refractivity contribution in [2.75, 3.05) is 11.9 Å². The van der Waals surface area contributed by atoms with Gasteiger partial charge < -0.3 is 5.32 Å². The predicted molar refractivity (Wildman–Crippen MR) is 75.0 cm³/mol. The lowest BCUT2D eigenvalue weighted by molar-refractivity contribution is -0.125. The average Bonchev–Trinajstić information content (AvgIpc) is 2.83. The number of nitrogens with zero attached hydrogens (tertiary/aromatic N) is 1. The molecule has 0 saturated carbocycles. The van der Waals surface area contributed by atoms with Crippen LogP contribution in [0.1, 0.15) is 31.7 Å². The molecule has 0 unspecified atom stereocenters. The number of hydrogen-bond donors (Lipinski definition) is 1. The van der Waals surface area contributed by atoms with Crippen molar-refractivity contribution in [3.05, 3.63) is 29.8 Å². The summed E-state index contributed by atoms with van der Waals surface area (Å²) < 4.78 is 0. The van der Waals surface area contributed by atoms with Crippen LogP contribution in [0.4, 0.5) is 5.69 Å². The summed E-state index contributed by atoms with van der Waals surface area (Å²) in [5.41, 5.74) is 1.96. The smallest absolute Gasteiger partial charge is 0.243 e. The summed E-state index contributed by atoms with van der Waals surface area (Å²) in [4.78, 5) is 26.0. The molecule has 1 aromatic rings. The van der Waals surface area contributed by atoms with Gasteiger partial charge in [-0.15, -0.1) is 0 Å². The Morgan fingerprint density at radius 2 is 2.11 bits per heavy atom. The molecule has 0 fully saturated rings. The van der Waals surface area contributed by atoms with Crippen LogP contribution in [0.3, 0.4) is 0 Å². The molecule has 102 valence electrons. The molecule has 1 atom stereocenters. The third-order valence-electron chi connectivity index (χ3n) is 3.54. The van der Waals surface area contributed by atoms with Crippen LogP contribution in [0.2, 0.25) is 0 Å². The molecule has 0 bridgehead atoms. The number of para-hydroxylation sites is 1. The van der Waals surface area contributed by atoms with Gasteiger partial charge in [0.2, 0.25) is 11.8 Å². The third-order valence-corrected chi connectivity index (χ3v) is 3.54. The molecule has 1 aliphatic heterocycles. The highest BCUT2D eigenvalue weighted by atomic mass is 16.2. The number of fused-ring (bicyclic) bond motifs is 1. The van der Waals surface area contributed by atoms with Crippen molar-refractivity contribution in [2.24, 2.45) is 0 Å². The van der Waals surface area contributed by atoms with Gasteiger partial charge in [-0.25, -0.2) is 0 Å². The van der Waals surface area contributed by atoms with E-state index in [1.54, 1.807) is 11.9 Å². The Morgan fingerprint density at radius 3 is 2.79 bits per heavy atom. The molecule has 0 radical (unpaired) electrons. The van der Waals surface area contributed by atoms with E-state index in [1.807, 2.05) is 24.3 Å². The van der Waals surface area contributed by atoms with Gasteiger partial charge in [-0.3, -0.25) is 14.5 Å². The van der Waals surface area contributed by atoms with Crippen molar-refractivity contribution >= 4 is 17.5 Å². The first-order chi connectivity index (χ1) is 9.19. The van der Waals surface area contributed by atoms with E-state index in [-0.39, 0.29) is 11.8 Å². The van der Waals surface area contributed by atoms with Crippen LogP contribution in [0.5, 0.6) is 0 Å².